The Bertz CT molecular complexity index is 800. The third-order valence-corrected chi connectivity index (χ3v) is 5.64. The molecule has 0 aliphatic heterocycles. The van der Waals surface area contributed by atoms with E-state index in [1.54, 1.807) is 19.1 Å². The molecule has 2 aromatic rings. The molecule has 1 N–H and O–H groups in total. The molecule has 1 aliphatic carbocycles. The molecular formula is C20H25N3O4S. The van der Waals surface area contributed by atoms with Gasteiger partial charge < -0.3 is 14.6 Å². The first-order valence-corrected chi connectivity index (χ1v) is 10.6. The molecule has 1 fully saturated rings. The highest BCUT2D eigenvalue weighted by atomic mass is 32.2. The quantitative estimate of drug-likeness (QED) is 0.428. The van der Waals surface area contributed by atoms with Crippen molar-refractivity contribution < 1.29 is 18.8 Å². The van der Waals surface area contributed by atoms with E-state index >= 15 is 0 Å². The summed E-state index contributed by atoms with van der Waals surface area (Å²) in [6.07, 6.45) is 6.70. The number of aryl methyl sites for hydroxylation is 1. The van der Waals surface area contributed by atoms with Gasteiger partial charge in [-0.3, -0.25) is 4.79 Å². The van der Waals surface area contributed by atoms with E-state index in [2.05, 4.69) is 15.5 Å². The van der Waals surface area contributed by atoms with Gasteiger partial charge in [0.15, 0.2) is 12.4 Å². The maximum atomic E-state index is 12.5. The van der Waals surface area contributed by atoms with Gasteiger partial charge in [0.25, 0.3) is 5.91 Å². The van der Waals surface area contributed by atoms with Gasteiger partial charge in [-0.1, -0.05) is 43.0 Å². The van der Waals surface area contributed by atoms with E-state index in [4.69, 9.17) is 9.26 Å². The van der Waals surface area contributed by atoms with Gasteiger partial charge >= 0.3 is 5.97 Å². The van der Waals surface area contributed by atoms with Gasteiger partial charge in [-0.05, 0) is 31.9 Å². The molecule has 1 aromatic heterocycles. The number of nitrogens with zero attached hydrogens (tertiary/aromatic N) is 2. The van der Waals surface area contributed by atoms with Crippen LogP contribution in [0.3, 0.4) is 0 Å². The third kappa shape index (κ3) is 6.09. The Kier molecular flexibility index (Phi) is 7.47. The highest BCUT2D eigenvalue weighted by Gasteiger charge is 2.18. The Hall–Kier alpha value is -2.35. The maximum absolute atomic E-state index is 12.5. The minimum absolute atomic E-state index is 0.189. The number of amides is 1. The highest BCUT2D eigenvalue weighted by molar-refractivity contribution is 7.98. The van der Waals surface area contributed by atoms with Crippen molar-refractivity contribution in [2.24, 2.45) is 0 Å². The molecule has 0 spiro atoms. The molecule has 1 saturated carbocycles. The molecule has 1 aromatic carbocycles. The molecule has 1 amide bonds. The number of rotatable bonds is 7. The molecule has 1 heterocycles. The predicted octanol–water partition coefficient (Wildman–Crippen LogP) is 3.67. The molecule has 8 heteroatoms. The van der Waals surface area contributed by atoms with Gasteiger partial charge in [0, 0.05) is 10.9 Å². The summed E-state index contributed by atoms with van der Waals surface area (Å²) >= 11 is 1.41. The van der Waals surface area contributed by atoms with Crippen molar-refractivity contribution in [1.82, 2.24) is 15.5 Å². The number of esters is 1. The van der Waals surface area contributed by atoms with E-state index in [0.717, 1.165) is 30.6 Å². The molecule has 0 radical (unpaired) electrons. The van der Waals surface area contributed by atoms with E-state index in [1.165, 1.54) is 24.6 Å². The molecular weight excluding hydrogens is 378 g/mol. The van der Waals surface area contributed by atoms with Gasteiger partial charge in [-0.2, -0.15) is 4.98 Å². The Morgan fingerprint density at radius 2 is 1.96 bits per heavy atom. The first-order chi connectivity index (χ1) is 13.6. The number of benzene rings is 1. The monoisotopic (exact) mass is 403 g/mol. The average molecular weight is 404 g/mol. The Morgan fingerprint density at radius 1 is 1.21 bits per heavy atom. The lowest BCUT2D eigenvalue weighted by molar-refractivity contribution is -0.125. The topological polar surface area (TPSA) is 94.3 Å². The molecule has 0 unspecified atom stereocenters. The van der Waals surface area contributed by atoms with Crippen molar-refractivity contribution in [3.63, 3.8) is 0 Å². The van der Waals surface area contributed by atoms with Crippen molar-refractivity contribution in [2.45, 2.75) is 62.1 Å². The first kappa shape index (κ1) is 20.4. The summed E-state index contributed by atoms with van der Waals surface area (Å²) in [6.45, 7) is 1.49. The van der Waals surface area contributed by atoms with Gasteiger partial charge in [0.2, 0.25) is 5.89 Å². The standard InChI is InChI=1S/C20H25N3O4S/c1-14-21-19(27-23-14)13-28-17-11-7-6-10-16(17)20(25)26-12-18(24)22-15-8-4-2-3-5-9-15/h6-7,10-11,15H,2-5,8-9,12-13H2,1H3,(H,22,24). The van der Waals surface area contributed by atoms with Crippen LogP contribution in [-0.4, -0.2) is 34.7 Å². The van der Waals surface area contributed by atoms with Gasteiger partial charge in [0.05, 0.1) is 11.3 Å². The fraction of sp³-hybridized carbons (Fsp3) is 0.500. The summed E-state index contributed by atoms with van der Waals surface area (Å²) in [6, 6.07) is 7.32. The molecule has 0 saturated heterocycles. The van der Waals surface area contributed by atoms with Crippen LogP contribution in [0, 0.1) is 6.92 Å². The summed E-state index contributed by atoms with van der Waals surface area (Å²) in [7, 11) is 0. The summed E-state index contributed by atoms with van der Waals surface area (Å²) in [5.74, 6) is 0.761. The van der Waals surface area contributed by atoms with Crippen LogP contribution >= 0.6 is 11.8 Å². The number of thioether (sulfide) groups is 1. The summed E-state index contributed by atoms with van der Waals surface area (Å²) in [5.41, 5.74) is 0.422. The zero-order valence-corrected chi connectivity index (χ0v) is 16.8. The lowest BCUT2D eigenvalue weighted by Crippen LogP contribution is -2.37. The number of carbonyl (C=O) groups excluding carboxylic acids is 2. The Labute approximate surface area is 168 Å². The summed E-state index contributed by atoms with van der Waals surface area (Å²) in [5, 5.41) is 6.73. The van der Waals surface area contributed by atoms with E-state index < -0.39 is 5.97 Å². The van der Waals surface area contributed by atoms with Crippen molar-refractivity contribution in [2.75, 3.05) is 6.61 Å². The molecule has 1 aliphatic rings. The minimum Gasteiger partial charge on any atom is -0.452 e. The van der Waals surface area contributed by atoms with Crippen LogP contribution < -0.4 is 5.32 Å². The minimum atomic E-state index is -0.513. The number of carbonyl (C=O) groups is 2. The zero-order chi connectivity index (χ0) is 19.8. The fourth-order valence-corrected chi connectivity index (χ4v) is 4.08. The highest BCUT2D eigenvalue weighted by Crippen LogP contribution is 2.26. The Balaban J connectivity index is 1.51. The average Bonchev–Trinajstić information content (AvgIpc) is 2.95. The number of hydrogen-bond acceptors (Lipinski definition) is 7. The molecule has 150 valence electrons. The lowest BCUT2D eigenvalue weighted by Gasteiger charge is -2.16. The maximum Gasteiger partial charge on any atom is 0.339 e. The Morgan fingerprint density at radius 3 is 2.68 bits per heavy atom. The van der Waals surface area contributed by atoms with Crippen molar-refractivity contribution in [3.05, 3.63) is 41.5 Å². The molecule has 28 heavy (non-hydrogen) atoms. The van der Waals surface area contributed by atoms with E-state index in [0.29, 0.717) is 23.0 Å². The fourth-order valence-electron chi connectivity index (χ4n) is 3.20. The van der Waals surface area contributed by atoms with Gasteiger partial charge in [0.1, 0.15) is 0 Å². The summed E-state index contributed by atoms with van der Waals surface area (Å²) in [4.78, 5) is 29.5. The molecule has 7 nitrogen and oxygen atoms in total. The SMILES string of the molecule is Cc1noc(CSc2ccccc2C(=O)OCC(=O)NC2CCCCCC2)n1. The number of ether oxygens (including phenoxy) is 1. The second-order valence-electron chi connectivity index (χ2n) is 6.85. The molecule has 3 rings (SSSR count). The van der Waals surface area contributed by atoms with Crippen LogP contribution in [0.2, 0.25) is 0 Å². The largest absolute Gasteiger partial charge is 0.452 e. The predicted molar refractivity (Wildman–Crippen MR) is 105 cm³/mol. The number of aromatic nitrogens is 2. The van der Waals surface area contributed by atoms with Crippen molar-refractivity contribution in [3.8, 4) is 0 Å². The lowest BCUT2D eigenvalue weighted by atomic mass is 10.1. The van der Waals surface area contributed by atoms with Gasteiger partial charge in [-0.15, -0.1) is 11.8 Å². The second-order valence-corrected chi connectivity index (χ2v) is 7.87. The van der Waals surface area contributed by atoms with Crippen LogP contribution in [0.15, 0.2) is 33.7 Å². The third-order valence-electron chi connectivity index (χ3n) is 4.58. The zero-order valence-electron chi connectivity index (χ0n) is 16.0. The van der Waals surface area contributed by atoms with E-state index in [9.17, 15) is 9.59 Å². The number of nitrogens with one attached hydrogen (secondary N) is 1. The van der Waals surface area contributed by atoms with Crippen molar-refractivity contribution in [1.29, 1.82) is 0 Å². The summed E-state index contributed by atoms with van der Waals surface area (Å²) < 4.78 is 10.3. The molecule has 0 bridgehead atoms. The van der Waals surface area contributed by atoms with Gasteiger partial charge in [-0.25, -0.2) is 4.79 Å². The second kappa shape index (κ2) is 10.3. The van der Waals surface area contributed by atoms with E-state index in [-0.39, 0.29) is 18.6 Å². The molecule has 0 atom stereocenters. The van der Waals surface area contributed by atoms with E-state index in [1.807, 2.05) is 12.1 Å². The van der Waals surface area contributed by atoms with Crippen LogP contribution in [0.25, 0.3) is 0 Å². The van der Waals surface area contributed by atoms with Crippen LogP contribution in [0.1, 0.15) is 60.6 Å². The van der Waals surface area contributed by atoms with Crippen LogP contribution in [0.4, 0.5) is 0 Å². The smallest absolute Gasteiger partial charge is 0.339 e. The first-order valence-electron chi connectivity index (χ1n) is 9.59. The van der Waals surface area contributed by atoms with Crippen LogP contribution in [-0.2, 0) is 15.3 Å². The van der Waals surface area contributed by atoms with Crippen molar-refractivity contribution >= 4 is 23.6 Å². The normalized spacial score (nSPS) is 15.0. The van der Waals surface area contributed by atoms with Crippen LogP contribution in [0.5, 0.6) is 0 Å². The number of hydrogen-bond donors (Lipinski definition) is 1.